The molecule has 5 heteroatoms. The highest BCUT2D eigenvalue weighted by atomic mass is 16.3. The van der Waals surface area contributed by atoms with Gasteiger partial charge in [0.05, 0.1) is 6.10 Å². The summed E-state index contributed by atoms with van der Waals surface area (Å²) >= 11 is 0. The van der Waals surface area contributed by atoms with E-state index in [4.69, 9.17) is 0 Å². The Morgan fingerprint density at radius 1 is 1.12 bits per heavy atom. The van der Waals surface area contributed by atoms with Gasteiger partial charge in [0.15, 0.2) is 0 Å². The Bertz CT molecular complexity index is 775. The number of carbonyl (C=O) groups excluding carboxylic acids is 2. The molecule has 0 aromatic heterocycles. The van der Waals surface area contributed by atoms with Crippen LogP contribution in [0.4, 0.5) is 5.69 Å². The van der Waals surface area contributed by atoms with Crippen LogP contribution in [0.3, 0.4) is 0 Å². The van der Waals surface area contributed by atoms with Gasteiger partial charge in [-0.25, -0.2) is 0 Å². The third kappa shape index (κ3) is 3.26. The molecule has 126 valence electrons. The van der Waals surface area contributed by atoms with E-state index in [-0.39, 0.29) is 6.54 Å². The molecule has 1 aliphatic rings. The number of nitrogens with one attached hydrogen (secondary N) is 2. The van der Waals surface area contributed by atoms with Crippen LogP contribution in [0, 0.1) is 0 Å². The van der Waals surface area contributed by atoms with Crippen LogP contribution in [0.2, 0.25) is 0 Å². The first-order valence-corrected chi connectivity index (χ1v) is 8.41. The van der Waals surface area contributed by atoms with E-state index in [9.17, 15) is 14.7 Å². The molecule has 0 bridgehead atoms. The molecule has 5 nitrogen and oxygen atoms in total. The van der Waals surface area contributed by atoms with Crippen LogP contribution in [0.15, 0.2) is 30.3 Å². The number of hydrogen-bond donors (Lipinski definition) is 3. The predicted molar refractivity (Wildman–Crippen MR) is 93.9 cm³/mol. The summed E-state index contributed by atoms with van der Waals surface area (Å²) < 4.78 is 0. The Labute approximate surface area is 141 Å². The fourth-order valence-electron chi connectivity index (χ4n) is 3.17. The van der Waals surface area contributed by atoms with Gasteiger partial charge in [-0.05, 0) is 48.3 Å². The molecule has 3 rings (SSSR count). The highest BCUT2D eigenvalue weighted by Gasteiger charge is 2.19. The van der Waals surface area contributed by atoms with Gasteiger partial charge in [0, 0.05) is 17.6 Å². The van der Waals surface area contributed by atoms with Gasteiger partial charge in [-0.2, -0.15) is 0 Å². The maximum atomic E-state index is 12.1. The van der Waals surface area contributed by atoms with E-state index in [0.717, 1.165) is 18.2 Å². The molecule has 0 heterocycles. The van der Waals surface area contributed by atoms with Gasteiger partial charge in [0.25, 0.3) is 0 Å². The van der Waals surface area contributed by atoms with Crippen LogP contribution >= 0.6 is 0 Å². The summed E-state index contributed by atoms with van der Waals surface area (Å²) in [5.74, 6) is -1.36. The second kappa shape index (κ2) is 7.01. The van der Waals surface area contributed by atoms with E-state index >= 15 is 0 Å². The summed E-state index contributed by atoms with van der Waals surface area (Å²) in [5.41, 5.74) is 3.24. The molecule has 0 saturated heterocycles. The Kier molecular flexibility index (Phi) is 4.81. The third-order valence-electron chi connectivity index (χ3n) is 4.57. The van der Waals surface area contributed by atoms with Crippen LogP contribution < -0.4 is 10.6 Å². The van der Waals surface area contributed by atoms with Crippen molar-refractivity contribution in [3.63, 3.8) is 0 Å². The molecule has 1 aliphatic carbocycles. The van der Waals surface area contributed by atoms with Crippen LogP contribution in [-0.2, 0) is 22.4 Å². The number of benzene rings is 2. The van der Waals surface area contributed by atoms with Crippen molar-refractivity contribution in [2.24, 2.45) is 0 Å². The van der Waals surface area contributed by atoms with E-state index in [1.807, 2.05) is 31.2 Å². The van der Waals surface area contributed by atoms with Crippen molar-refractivity contribution in [2.45, 2.75) is 38.7 Å². The first kappa shape index (κ1) is 16.5. The maximum Gasteiger partial charge on any atom is 0.313 e. The molecular formula is C19H22N2O3. The van der Waals surface area contributed by atoms with Gasteiger partial charge in [0.1, 0.15) is 0 Å². The number of aliphatic hydroxyl groups is 1. The van der Waals surface area contributed by atoms with E-state index in [1.54, 1.807) is 0 Å². The fraction of sp³-hybridized carbons (Fsp3) is 0.368. The molecule has 0 radical (unpaired) electrons. The summed E-state index contributed by atoms with van der Waals surface area (Å²) in [4.78, 5) is 24.0. The van der Waals surface area contributed by atoms with Gasteiger partial charge in [-0.15, -0.1) is 0 Å². The number of hydrogen-bond acceptors (Lipinski definition) is 3. The minimum atomic E-state index is -0.681. The molecule has 1 atom stereocenters. The minimum Gasteiger partial charge on any atom is -0.393 e. The molecule has 2 aromatic carbocycles. The zero-order valence-electron chi connectivity index (χ0n) is 13.8. The Morgan fingerprint density at radius 2 is 1.88 bits per heavy atom. The lowest BCUT2D eigenvalue weighted by molar-refractivity contribution is -0.136. The minimum absolute atomic E-state index is 0.283. The maximum absolute atomic E-state index is 12.1. The topological polar surface area (TPSA) is 78.4 Å². The van der Waals surface area contributed by atoms with Gasteiger partial charge in [0.2, 0.25) is 0 Å². The van der Waals surface area contributed by atoms with Crippen LogP contribution in [0.1, 0.15) is 30.9 Å². The molecule has 2 amide bonds. The lowest BCUT2D eigenvalue weighted by Crippen LogP contribution is -2.36. The SMILES string of the molecule is CCC(O)CCNC(=O)C(=O)Nc1ccc2c3c(cccc13)CC2. The summed E-state index contributed by atoms with van der Waals surface area (Å²) in [6.07, 6.45) is 2.65. The number of aryl methyl sites for hydroxylation is 2. The van der Waals surface area contributed by atoms with Crippen molar-refractivity contribution in [1.82, 2.24) is 5.32 Å². The average molecular weight is 326 g/mol. The predicted octanol–water partition coefficient (Wildman–Crippen LogP) is 2.15. The van der Waals surface area contributed by atoms with Gasteiger partial charge < -0.3 is 15.7 Å². The summed E-state index contributed by atoms with van der Waals surface area (Å²) in [6, 6.07) is 9.94. The smallest absolute Gasteiger partial charge is 0.313 e. The standard InChI is InChI=1S/C19H22N2O3/c1-2-14(22)10-11-20-18(23)19(24)21-16-9-8-13-7-6-12-4-3-5-15(16)17(12)13/h3-5,8-9,14,22H,2,6-7,10-11H2,1H3,(H,20,23)(H,21,24). The largest absolute Gasteiger partial charge is 0.393 e. The molecule has 3 N–H and O–H groups in total. The fourth-order valence-corrected chi connectivity index (χ4v) is 3.17. The lowest BCUT2D eigenvalue weighted by atomic mass is 10.0. The molecule has 0 spiro atoms. The Balaban J connectivity index is 1.69. The molecule has 2 aromatic rings. The van der Waals surface area contributed by atoms with Gasteiger partial charge in [-0.1, -0.05) is 31.2 Å². The van der Waals surface area contributed by atoms with E-state index in [0.29, 0.717) is 18.5 Å². The quantitative estimate of drug-likeness (QED) is 0.737. The normalized spacial score (nSPS) is 13.8. The number of amides is 2. The molecular weight excluding hydrogens is 304 g/mol. The summed E-state index contributed by atoms with van der Waals surface area (Å²) in [6.45, 7) is 2.15. The van der Waals surface area contributed by atoms with Crippen molar-refractivity contribution in [3.8, 4) is 0 Å². The molecule has 0 aliphatic heterocycles. The second-order valence-electron chi connectivity index (χ2n) is 6.17. The van der Waals surface area contributed by atoms with Crippen LogP contribution in [0.5, 0.6) is 0 Å². The summed E-state index contributed by atoms with van der Waals surface area (Å²) in [5, 5.41) is 16.9. The van der Waals surface area contributed by atoms with E-state index in [1.165, 1.54) is 16.5 Å². The third-order valence-corrected chi connectivity index (χ3v) is 4.57. The summed E-state index contributed by atoms with van der Waals surface area (Å²) in [7, 11) is 0. The Morgan fingerprint density at radius 3 is 2.62 bits per heavy atom. The second-order valence-corrected chi connectivity index (χ2v) is 6.17. The van der Waals surface area contributed by atoms with E-state index < -0.39 is 17.9 Å². The van der Waals surface area contributed by atoms with Crippen molar-refractivity contribution < 1.29 is 14.7 Å². The van der Waals surface area contributed by atoms with Crippen LogP contribution in [0.25, 0.3) is 10.8 Å². The number of rotatable bonds is 5. The zero-order chi connectivity index (χ0) is 17.1. The Hall–Kier alpha value is -2.40. The van der Waals surface area contributed by atoms with Gasteiger partial charge >= 0.3 is 11.8 Å². The van der Waals surface area contributed by atoms with Gasteiger partial charge in [-0.3, -0.25) is 9.59 Å². The first-order chi connectivity index (χ1) is 11.6. The van der Waals surface area contributed by atoms with Crippen LogP contribution in [-0.4, -0.2) is 29.6 Å². The number of anilines is 1. The number of aliphatic hydroxyl groups excluding tert-OH is 1. The van der Waals surface area contributed by atoms with Crippen molar-refractivity contribution in [3.05, 3.63) is 41.5 Å². The number of carbonyl (C=O) groups is 2. The molecule has 24 heavy (non-hydrogen) atoms. The molecule has 0 fully saturated rings. The monoisotopic (exact) mass is 326 g/mol. The lowest BCUT2D eigenvalue weighted by Gasteiger charge is -2.11. The van der Waals surface area contributed by atoms with Crippen molar-refractivity contribution in [1.29, 1.82) is 0 Å². The van der Waals surface area contributed by atoms with Crippen molar-refractivity contribution >= 4 is 28.3 Å². The first-order valence-electron chi connectivity index (χ1n) is 8.41. The highest BCUT2D eigenvalue weighted by molar-refractivity contribution is 6.40. The van der Waals surface area contributed by atoms with Crippen molar-refractivity contribution in [2.75, 3.05) is 11.9 Å². The average Bonchev–Trinajstić information content (AvgIpc) is 3.01. The highest BCUT2D eigenvalue weighted by Crippen LogP contribution is 2.34. The zero-order valence-corrected chi connectivity index (χ0v) is 13.8. The van der Waals surface area contributed by atoms with E-state index in [2.05, 4.69) is 16.7 Å². The molecule has 0 saturated carbocycles. The molecule has 1 unspecified atom stereocenters.